The van der Waals surface area contributed by atoms with Crippen LogP contribution >= 0.6 is 24.0 Å². The van der Waals surface area contributed by atoms with Gasteiger partial charge in [0.1, 0.15) is 11.9 Å². The predicted molar refractivity (Wildman–Crippen MR) is 114 cm³/mol. The van der Waals surface area contributed by atoms with Gasteiger partial charge in [-0.05, 0) is 36.4 Å². The summed E-state index contributed by atoms with van der Waals surface area (Å²) in [5, 5.41) is 11.4. The van der Waals surface area contributed by atoms with Gasteiger partial charge in [-0.1, -0.05) is 17.7 Å². The van der Waals surface area contributed by atoms with Crippen LogP contribution in [0.2, 0.25) is 5.02 Å². The maximum absolute atomic E-state index is 14.5. The monoisotopic (exact) mass is 507 g/mol. The Bertz CT molecular complexity index is 1140. The molecule has 0 spiro atoms. The van der Waals surface area contributed by atoms with Crippen molar-refractivity contribution in [1.82, 2.24) is 9.62 Å². The number of carbonyl (C=O) groups is 1. The van der Waals surface area contributed by atoms with Gasteiger partial charge in [0.15, 0.2) is 0 Å². The summed E-state index contributed by atoms with van der Waals surface area (Å²) in [5.74, 6) is -5.10. The third-order valence-corrected chi connectivity index (χ3v) is 6.98. The molecule has 1 heterocycles. The summed E-state index contributed by atoms with van der Waals surface area (Å²) < 4.78 is 70.3. The summed E-state index contributed by atoms with van der Waals surface area (Å²) in [7, 11) is -4.50. The number of hydrogen-bond donors (Lipinski definition) is 1. The van der Waals surface area contributed by atoms with E-state index in [4.69, 9.17) is 16.9 Å². The molecule has 2 aromatic carbocycles. The van der Waals surface area contributed by atoms with Crippen LogP contribution in [0.1, 0.15) is 24.0 Å². The molecule has 172 valence electrons. The standard InChI is InChI=1S/C20H17ClF3N3O3S.ClH/c21-15-3-5-16(6-4-15)31(29,30)27(12-14-2-1-13(11-25)9-17(14)22)18-10-20(23,24)7-8-26-19(18)28;/h1-6,9,18H,7-8,10,12H2,(H,26,28);1H/t18-;/m1./s1. The largest absolute Gasteiger partial charge is 0.354 e. The van der Waals surface area contributed by atoms with E-state index in [0.717, 1.165) is 6.07 Å². The molecule has 1 N–H and O–H groups in total. The van der Waals surface area contributed by atoms with Crippen LogP contribution in [0.3, 0.4) is 0 Å². The van der Waals surface area contributed by atoms with Crippen molar-refractivity contribution < 1.29 is 26.4 Å². The Hall–Kier alpha value is -2.32. The Morgan fingerprint density at radius 2 is 1.88 bits per heavy atom. The Morgan fingerprint density at radius 3 is 2.47 bits per heavy atom. The van der Waals surface area contributed by atoms with Crippen LogP contribution in [0.25, 0.3) is 0 Å². The Kier molecular flexibility index (Phi) is 8.17. The van der Waals surface area contributed by atoms with Gasteiger partial charge in [-0.15, -0.1) is 12.4 Å². The molecule has 6 nitrogen and oxygen atoms in total. The van der Waals surface area contributed by atoms with E-state index < -0.39 is 53.1 Å². The minimum Gasteiger partial charge on any atom is -0.354 e. The molecule has 0 radical (unpaired) electrons. The fourth-order valence-corrected chi connectivity index (χ4v) is 4.91. The molecule has 0 unspecified atom stereocenters. The van der Waals surface area contributed by atoms with Gasteiger partial charge in [-0.25, -0.2) is 21.6 Å². The third-order valence-electron chi connectivity index (χ3n) is 4.86. The molecule has 32 heavy (non-hydrogen) atoms. The van der Waals surface area contributed by atoms with E-state index in [1.165, 1.54) is 36.4 Å². The second-order valence-corrected chi connectivity index (χ2v) is 9.37. The molecule has 0 aromatic heterocycles. The summed E-state index contributed by atoms with van der Waals surface area (Å²) in [6, 6.07) is 8.30. The maximum atomic E-state index is 14.5. The molecule has 1 aliphatic heterocycles. The maximum Gasteiger partial charge on any atom is 0.251 e. The zero-order chi connectivity index (χ0) is 22.8. The highest BCUT2D eigenvalue weighted by Crippen LogP contribution is 2.32. The Morgan fingerprint density at radius 1 is 1.22 bits per heavy atom. The molecule has 3 rings (SSSR count). The summed E-state index contributed by atoms with van der Waals surface area (Å²) in [5.41, 5.74) is -0.163. The molecule has 0 saturated carbocycles. The second kappa shape index (κ2) is 10.1. The number of benzene rings is 2. The minimum absolute atomic E-state index is 0. The summed E-state index contributed by atoms with van der Waals surface area (Å²) in [4.78, 5) is 12.3. The second-order valence-electron chi connectivity index (χ2n) is 7.04. The van der Waals surface area contributed by atoms with Crippen molar-refractivity contribution in [2.24, 2.45) is 0 Å². The molecular weight excluding hydrogens is 490 g/mol. The lowest BCUT2D eigenvalue weighted by Crippen LogP contribution is -2.49. The number of amides is 1. The highest BCUT2D eigenvalue weighted by atomic mass is 35.5. The fourth-order valence-electron chi connectivity index (χ4n) is 3.21. The number of nitrogens with one attached hydrogen (secondary N) is 1. The molecule has 1 saturated heterocycles. The number of hydrogen-bond acceptors (Lipinski definition) is 4. The lowest BCUT2D eigenvalue weighted by atomic mass is 10.1. The van der Waals surface area contributed by atoms with Gasteiger partial charge in [-0.2, -0.15) is 9.57 Å². The van der Waals surface area contributed by atoms with E-state index in [1.807, 2.05) is 0 Å². The fraction of sp³-hybridized carbons (Fsp3) is 0.300. The average Bonchev–Trinajstić information content (AvgIpc) is 2.84. The van der Waals surface area contributed by atoms with Gasteiger partial charge in [0.25, 0.3) is 5.92 Å². The van der Waals surface area contributed by atoms with Crippen molar-refractivity contribution in [1.29, 1.82) is 5.26 Å². The topological polar surface area (TPSA) is 90.3 Å². The van der Waals surface area contributed by atoms with Crippen molar-refractivity contribution in [3.8, 4) is 6.07 Å². The lowest BCUT2D eigenvalue weighted by Gasteiger charge is -2.30. The van der Waals surface area contributed by atoms with Gasteiger partial charge in [0, 0.05) is 36.5 Å². The Balaban J connectivity index is 0.00000363. The molecule has 2 aromatic rings. The number of nitriles is 1. The van der Waals surface area contributed by atoms with Gasteiger partial charge >= 0.3 is 0 Å². The van der Waals surface area contributed by atoms with Gasteiger partial charge < -0.3 is 5.32 Å². The first kappa shape index (κ1) is 25.9. The van der Waals surface area contributed by atoms with Crippen LogP contribution in [0.15, 0.2) is 47.4 Å². The van der Waals surface area contributed by atoms with E-state index in [0.29, 0.717) is 4.31 Å². The van der Waals surface area contributed by atoms with E-state index in [-0.39, 0.29) is 40.0 Å². The van der Waals surface area contributed by atoms with Gasteiger partial charge in [0.05, 0.1) is 16.5 Å². The summed E-state index contributed by atoms with van der Waals surface area (Å²) in [6.07, 6.45) is -1.70. The van der Waals surface area contributed by atoms with Crippen LogP contribution in [0.5, 0.6) is 0 Å². The molecule has 1 aliphatic rings. The van der Waals surface area contributed by atoms with Crippen molar-refractivity contribution >= 4 is 39.9 Å². The molecule has 12 heteroatoms. The van der Waals surface area contributed by atoms with Crippen LogP contribution in [0.4, 0.5) is 13.2 Å². The highest BCUT2D eigenvalue weighted by molar-refractivity contribution is 7.89. The van der Waals surface area contributed by atoms with E-state index in [9.17, 15) is 26.4 Å². The molecule has 0 aliphatic carbocycles. The average molecular weight is 508 g/mol. The molecule has 1 atom stereocenters. The Labute approximate surface area is 194 Å². The van der Waals surface area contributed by atoms with Crippen molar-refractivity contribution in [2.45, 2.75) is 36.2 Å². The van der Waals surface area contributed by atoms with E-state index >= 15 is 0 Å². The minimum atomic E-state index is -4.50. The first-order chi connectivity index (χ1) is 14.5. The van der Waals surface area contributed by atoms with E-state index in [1.54, 1.807) is 6.07 Å². The van der Waals surface area contributed by atoms with Crippen molar-refractivity contribution in [3.05, 3.63) is 64.4 Å². The predicted octanol–water partition coefficient (Wildman–Crippen LogP) is 3.88. The quantitative estimate of drug-likeness (QED) is 0.664. The lowest BCUT2D eigenvalue weighted by molar-refractivity contribution is -0.126. The number of nitrogens with zero attached hydrogens (tertiary/aromatic N) is 2. The molecule has 1 fully saturated rings. The molecule has 0 bridgehead atoms. The number of alkyl halides is 2. The number of carbonyl (C=O) groups excluding carboxylic acids is 1. The first-order valence-electron chi connectivity index (χ1n) is 9.15. The molecule has 1 amide bonds. The molecular formula is C20H18Cl2F3N3O3S. The SMILES string of the molecule is Cl.N#Cc1ccc(CN([C@@H]2CC(F)(F)CCNC2=O)S(=O)(=O)c2ccc(Cl)cc2)c(F)c1. The normalized spacial score (nSPS) is 18.2. The summed E-state index contributed by atoms with van der Waals surface area (Å²) >= 11 is 5.80. The van der Waals surface area contributed by atoms with Crippen LogP contribution in [-0.4, -0.2) is 37.1 Å². The number of sulfonamides is 1. The van der Waals surface area contributed by atoms with E-state index in [2.05, 4.69) is 5.32 Å². The first-order valence-corrected chi connectivity index (χ1v) is 11.0. The third kappa shape index (κ3) is 5.72. The van der Waals surface area contributed by atoms with Crippen molar-refractivity contribution in [3.63, 3.8) is 0 Å². The van der Waals surface area contributed by atoms with Gasteiger partial charge in [-0.3, -0.25) is 4.79 Å². The zero-order valence-corrected chi connectivity index (χ0v) is 18.8. The van der Waals surface area contributed by atoms with Gasteiger partial charge in [0.2, 0.25) is 15.9 Å². The van der Waals surface area contributed by atoms with Crippen LogP contribution in [-0.2, 0) is 21.4 Å². The smallest absolute Gasteiger partial charge is 0.251 e. The number of rotatable bonds is 5. The van der Waals surface area contributed by atoms with Crippen LogP contribution < -0.4 is 5.32 Å². The highest BCUT2D eigenvalue weighted by Gasteiger charge is 2.45. The summed E-state index contributed by atoms with van der Waals surface area (Å²) in [6.45, 7) is -1.00. The van der Waals surface area contributed by atoms with Crippen LogP contribution in [0, 0.1) is 17.1 Å². The van der Waals surface area contributed by atoms with Crippen molar-refractivity contribution in [2.75, 3.05) is 6.54 Å². The number of halogens is 5. The zero-order valence-electron chi connectivity index (χ0n) is 16.4.